The molecule has 0 bridgehead atoms. The van der Waals surface area contributed by atoms with Crippen molar-refractivity contribution >= 4 is 40.9 Å². The molecule has 0 N–H and O–H groups in total. The summed E-state index contributed by atoms with van der Waals surface area (Å²) >= 11 is 13.5. The highest BCUT2D eigenvalue weighted by Gasteiger charge is 2.34. The van der Waals surface area contributed by atoms with Crippen LogP contribution in [-0.4, -0.2) is 32.1 Å². The number of thioether (sulfide) groups is 1. The SMILES string of the molecule is Cn1c(SCc2ccc(Cl)cc2)nnc1C1CCCN1C(=O)c1ccc(Cl)cc1. The molecule has 1 amide bonds. The molecule has 1 aliphatic heterocycles. The molecule has 29 heavy (non-hydrogen) atoms. The Labute approximate surface area is 184 Å². The van der Waals surface area contributed by atoms with E-state index in [-0.39, 0.29) is 11.9 Å². The highest BCUT2D eigenvalue weighted by atomic mass is 35.5. The van der Waals surface area contributed by atoms with E-state index < -0.39 is 0 Å². The van der Waals surface area contributed by atoms with Crippen molar-refractivity contribution in [1.29, 1.82) is 0 Å². The number of rotatable bonds is 5. The van der Waals surface area contributed by atoms with Crippen LogP contribution in [0.15, 0.2) is 53.7 Å². The lowest BCUT2D eigenvalue weighted by atomic mass is 10.1. The monoisotopic (exact) mass is 446 g/mol. The first-order chi connectivity index (χ1) is 14.0. The number of nitrogens with zero attached hydrogens (tertiary/aromatic N) is 4. The van der Waals surface area contributed by atoms with Crippen molar-refractivity contribution in [1.82, 2.24) is 19.7 Å². The van der Waals surface area contributed by atoms with E-state index in [2.05, 4.69) is 10.2 Å². The van der Waals surface area contributed by atoms with E-state index in [1.165, 1.54) is 5.56 Å². The summed E-state index contributed by atoms with van der Waals surface area (Å²) in [6, 6.07) is 14.7. The fraction of sp³-hybridized carbons (Fsp3) is 0.286. The molecule has 0 spiro atoms. The first-order valence-electron chi connectivity index (χ1n) is 9.36. The summed E-state index contributed by atoms with van der Waals surface area (Å²) in [6.07, 6.45) is 1.83. The minimum atomic E-state index is -0.0689. The Morgan fingerprint density at radius 2 is 1.72 bits per heavy atom. The number of amides is 1. The zero-order chi connectivity index (χ0) is 20.4. The van der Waals surface area contributed by atoms with E-state index in [1.807, 2.05) is 40.8 Å². The van der Waals surface area contributed by atoms with E-state index in [4.69, 9.17) is 23.2 Å². The Kier molecular flexibility index (Phi) is 6.13. The number of hydrogen-bond acceptors (Lipinski definition) is 4. The zero-order valence-electron chi connectivity index (χ0n) is 15.9. The molecule has 0 saturated carbocycles. The van der Waals surface area contributed by atoms with Crippen LogP contribution in [0, 0.1) is 0 Å². The predicted octanol–water partition coefficient (Wildman–Crippen LogP) is 5.39. The van der Waals surface area contributed by atoms with Crippen LogP contribution in [-0.2, 0) is 12.8 Å². The van der Waals surface area contributed by atoms with Crippen LogP contribution in [0.5, 0.6) is 0 Å². The second kappa shape index (κ2) is 8.78. The number of likely N-dealkylation sites (tertiary alicyclic amines) is 1. The van der Waals surface area contributed by atoms with Crippen molar-refractivity contribution in [3.8, 4) is 0 Å². The lowest BCUT2D eigenvalue weighted by Gasteiger charge is -2.24. The molecule has 3 aromatic rings. The summed E-state index contributed by atoms with van der Waals surface area (Å²) in [4.78, 5) is 14.9. The molecule has 1 fully saturated rings. The Morgan fingerprint density at radius 1 is 1.07 bits per heavy atom. The maximum atomic E-state index is 13.0. The molecule has 1 aromatic heterocycles. The predicted molar refractivity (Wildman–Crippen MR) is 116 cm³/mol. The second-order valence-corrected chi connectivity index (χ2v) is 8.79. The van der Waals surface area contributed by atoms with Gasteiger partial charge in [0.25, 0.3) is 5.91 Å². The third kappa shape index (κ3) is 4.44. The average Bonchev–Trinajstić information content (AvgIpc) is 3.34. The van der Waals surface area contributed by atoms with Gasteiger partial charge in [0.2, 0.25) is 0 Å². The van der Waals surface area contributed by atoms with E-state index in [9.17, 15) is 4.79 Å². The fourth-order valence-corrected chi connectivity index (χ4v) is 4.63. The maximum Gasteiger partial charge on any atom is 0.254 e. The molecule has 4 rings (SSSR count). The minimum Gasteiger partial charge on any atom is -0.328 e. The van der Waals surface area contributed by atoms with Gasteiger partial charge in [0.05, 0.1) is 6.04 Å². The van der Waals surface area contributed by atoms with Gasteiger partial charge in [-0.2, -0.15) is 0 Å². The van der Waals surface area contributed by atoms with Gasteiger partial charge in [-0.1, -0.05) is 47.1 Å². The molecular formula is C21H20Cl2N4OS. The number of carbonyl (C=O) groups is 1. The Morgan fingerprint density at radius 3 is 2.41 bits per heavy atom. The van der Waals surface area contributed by atoms with Crippen molar-refractivity contribution in [2.75, 3.05) is 6.54 Å². The Balaban J connectivity index is 1.49. The van der Waals surface area contributed by atoms with Crippen LogP contribution >= 0.6 is 35.0 Å². The molecular weight excluding hydrogens is 427 g/mol. The van der Waals surface area contributed by atoms with E-state index in [0.717, 1.165) is 34.6 Å². The summed E-state index contributed by atoms with van der Waals surface area (Å²) in [5.41, 5.74) is 1.81. The van der Waals surface area contributed by atoms with Crippen LogP contribution in [0.25, 0.3) is 0 Å². The molecule has 1 unspecified atom stereocenters. The van der Waals surface area contributed by atoms with Crippen molar-refractivity contribution in [2.45, 2.75) is 29.8 Å². The van der Waals surface area contributed by atoms with Gasteiger partial charge in [-0.15, -0.1) is 10.2 Å². The third-order valence-corrected chi connectivity index (χ3v) is 6.65. The first-order valence-corrected chi connectivity index (χ1v) is 11.1. The number of halogens is 2. The van der Waals surface area contributed by atoms with Gasteiger partial charge in [-0.3, -0.25) is 4.79 Å². The van der Waals surface area contributed by atoms with Gasteiger partial charge in [-0.05, 0) is 54.8 Å². The molecule has 0 aliphatic carbocycles. The molecule has 1 saturated heterocycles. The molecule has 1 atom stereocenters. The first kappa shape index (κ1) is 20.3. The number of aromatic nitrogens is 3. The molecule has 5 nitrogen and oxygen atoms in total. The standard InChI is InChI=1S/C21H20Cl2N4OS/c1-26-19(24-25-21(26)29-13-14-4-8-16(22)9-5-14)18-3-2-12-27(18)20(28)15-6-10-17(23)11-7-15/h4-11,18H,2-3,12-13H2,1H3. The van der Waals surface area contributed by atoms with Crippen LogP contribution in [0.2, 0.25) is 10.0 Å². The topological polar surface area (TPSA) is 51.0 Å². The summed E-state index contributed by atoms with van der Waals surface area (Å²) in [5, 5.41) is 11.0. The van der Waals surface area contributed by atoms with Crippen LogP contribution in [0.3, 0.4) is 0 Å². The summed E-state index contributed by atoms with van der Waals surface area (Å²) in [7, 11) is 1.96. The fourth-order valence-electron chi connectivity index (χ4n) is 3.51. The molecule has 8 heteroatoms. The molecule has 0 radical (unpaired) electrons. The molecule has 2 aromatic carbocycles. The number of hydrogen-bond donors (Lipinski definition) is 0. The smallest absolute Gasteiger partial charge is 0.254 e. The lowest BCUT2D eigenvalue weighted by molar-refractivity contribution is 0.0727. The van der Waals surface area contributed by atoms with Gasteiger partial charge >= 0.3 is 0 Å². The highest BCUT2D eigenvalue weighted by molar-refractivity contribution is 7.98. The molecule has 2 heterocycles. The normalized spacial score (nSPS) is 16.4. The van der Waals surface area contributed by atoms with Crippen molar-refractivity contribution in [2.24, 2.45) is 7.05 Å². The molecule has 1 aliphatic rings. The summed E-state index contributed by atoms with van der Waals surface area (Å²) < 4.78 is 2.00. The summed E-state index contributed by atoms with van der Waals surface area (Å²) in [5.74, 6) is 1.60. The maximum absolute atomic E-state index is 13.0. The van der Waals surface area contributed by atoms with Gasteiger partial charge < -0.3 is 9.47 Å². The minimum absolute atomic E-state index is 0.00235. The largest absolute Gasteiger partial charge is 0.328 e. The quantitative estimate of drug-likeness (QED) is 0.492. The highest BCUT2D eigenvalue weighted by Crippen LogP contribution is 2.34. The van der Waals surface area contributed by atoms with Crippen molar-refractivity contribution in [3.05, 3.63) is 75.5 Å². The Bertz CT molecular complexity index is 1000. The van der Waals surface area contributed by atoms with Gasteiger partial charge in [0, 0.05) is 35.0 Å². The zero-order valence-corrected chi connectivity index (χ0v) is 18.2. The van der Waals surface area contributed by atoms with Crippen LogP contribution < -0.4 is 0 Å². The second-order valence-electron chi connectivity index (χ2n) is 6.98. The number of carbonyl (C=O) groups excluding carboxylic acids is 1. The van der Waals surface area contributed by atoms with E-state index >= 15 is 0 Å². The van der Waals surface area contributed by atoms with E-state index in [1.54, 1.807) is 36.0 Å². The number of benzene rings is 2. The van der Waals surface area contributed by atoms with Gasteiger partial charge in [-0.25, -0.2) is 0 Å². The molecule has 150 valence electrons. The Hall–Kier alpha value is -2.02. The third-order valence-electron chi connectivity index (χ3n) is 5.05. The van der Waals surface area contributed by atoms with Gasteiger partial charge in [0.1, 0.15) is 0 Å². The average molecular weight is 447 g/mol. The van der Waals surface area contributed by atoms with Gasteiger partial charge in [0.15, 0.2) is 11.0 Å². The lowest BCUT2D eigenvalue weighted by Crippen LogP contribution is -2.31. The van der Waals surface area contributed by atoms with Crippen LogP contribution in [0.4, 0.5) is 0 Å². The van der Waals surface area contributed by atoms with Crippen molar-refractivity contribution < 1.29 is 4.79 Å². The van der Waals surface area contributed by atoms with Crippen molar-refractivity contribution in [3.63, 3.8) is 0 Å². The van der Waals surface area contributed by atoms with E-state index in [0.29, 0.717) is 17.1 Å². The van der Waals surface area contributed by atoms with Crippen LogP contribution in [0.1, 0.15) is 40.6 Å². The summed E-state index contributed by atoms with van der Waals surface area (Å²) in [6.45, 7) is 0.715.